The fourth-order valence-electron chi connectivity index (χ4n) is 3.00. The SMILES string of the molecule is CCCn1c(=N)n(CC(O)c2ccc(C)cc2)c2ccccc21.[Cl-]. The van der Waals surface area contributed by atoms with Crippen LogP contribution in [0, 0.1) is 12.3 Å². The molecular formula is C19H23ClN3O-. The first kappa shape index (κ1) is 18.3. The Balaban J connectivity index is 0.00000208. The lowest BCUT2D eigenvalue weighted by Gasteiger charge is -2.13. The maximum atomic E-state index is 10.6. The monoisotopic (exact) mass is 344 g/mol. The van der Waals surface area contributed by atoms with Crippen molar-refractivity contribution in [3.63, 3.8) is 0 Å². The summed E-state index contributed by atoms with van der Waals surface area (Å²) in [6.45, 7) is 5.34. The third kappa shape index (κ3) is 3.40. The van der Waals surface area contributed by atoms with Gasteiger partial charge in [-0.3, -0.25) is 5.41 Å². The number of halogens is 1. The standard InChI is InChI=1S/C19H23N3O.ClH/c1-3-12-21-16-6-4-5-7-17(16)22(19(21)20)13-18(23)15-10-8-14(2)9-11-15;/h4-11,18,20,23H,3,12-13H2,1-2H3;1H/p-1. The zero-order valence-electron chi connectivity index (χ0n) is 14.0. The molecule has 24 heavy (non-hydrogen) atoms. The van der Waals surface area contributed by atoms with Gasteiger partial charge in [0, 0.05) is 6.54 Å². The van der Waals surface area contributed by atoms with Crippen LogP contribution in [0.25, 0.3) is 11.0 Å². The Morgan fingerprint density at radius 3 is 2.17 bits per heavy atom. The number of aromatic nitrogens is 2. The number of fused-ring (bicyclic) bond motifs is 1. The van der Waals surface area contributed by atoms with Gasteiger partial charge in [0.1, 0.15) is 0 Å². The van der Waals surface area contributed by atoms with E-state index in [-0.39, 0.29) is 12.4 Å². The van der Waals surface area contributed by atoms with Crippen LogP contribution in [-0.4, -0.2) is 14.2 Å². The van der Waals surface area contributed by atoms with Gasteiger partial charge < -0.3 is 26.6 Å². The van der Waals surface area contributed by atoms with E-state index < -0.39 is 6.10 Å². The van der Waals surface area contributed by atoms with Crippen molar-refractivity contribution < 1.29 is 17.5 Å². The van der Waals surface area contributed by atoms with E-state index >= 15 is 0 Å². The van der Waals surface area contributed by atoms with Gasteiger partial charge >= 0.3 is 0 Å². The third-order valence-corrected chi connectivity index (χ3v) is 4.24. The molecule has 1 unspecified atom stereocenters. The van der Waals surface area contributed by atoms with Gasteiger partial charge in [0.15, 0.2) is 0 Å². The molecular weight excluding hydrogens is 322 g/mol. The van der Waals surface area contributed by atoms with Crippen molar-refractivity contribution in [3.8, 4) is 0 Å². The maximum absolute atomic E-state index is 10.6. The predicted octanol–water partition coefficient (Wildman–Crippen LogP) is 0.378. The van der Waals surface area contributed by atoms with Crippen molar-refractivity contribution in [2.75, 3.05) is 0 Å². The summed E-state index contributed by atoms with van der Waals surface area (Å²) in [5.74, 6) is 0. The van der Waals surface area contributed by atoms with E-state index in [2.05, 4.69) is 6.92 Å². The normalized spacial score (nSPS) is 12.1. The molecule has 0 aliphatic heterocycles. The van der Waals surface area contributed by atoms with Crippen LogP contribution < -0.4 is 18.0 Å². The number of benzene rings is 2. The fraction of sp³-hybridized carbons (Fsp3) is 0.316. The summed E-state index contributed by atoms with van der Waals surface area (Å²) >= 11 is 0. The topological polar surface area (TPSA) is 53.9 Å². The van der Waals surface area contributed by atoms with Crippen molar-refractivity contribution in [1.82, 2.24) is 9.13 Å². The van der Waals surface area contributed by atoms with Crippen LogP contribution in [0.1, 0.15) is 30.6 Å². The van der Waals surface area contributed by atoms with E-state index in [9.17, 15) is 5.11 Å². The Labute approximate surface area is 148 Å². The number of hydrogen-bond acceptors (Lipinski definition) is 2. The molecule has 0 fully saturated rings. The van der Waals surface area contributed by atoms with Crippen molar-refractivity contribution in [2.24, 2.45) is 0 Å². The van der Waals surface area contributed by atoms with Gasteiger partial charge in [0.25, 0.3) is 0 Å². The zero-order chi connectivity index (χ0) is 16.4. The number of rotatable bonds is 5. The van der Waals surface area contributed by atoms with Gasteiger partial charge in [-0.1, -0.05) is 48.9 Å². The predicted molar refractivity (Wildman–Crippen MR) is 92.2 cm³/mol. The van der Waals surface area contributed by atoms with Crippen LogP contribution in [0.4, 0.5) is 0 Å². The van der Waals surface area contributed by atoms with Gasteiger partial charge in [-0.2, -0.15) is 0 Å². The van der Waals surface area contributed by atoms with E-state index in [0.717, 1.165) is 29.6 Å². The van der Waals surface area contributed by atoms with Gasteiger partial charge in [-0.15, -0.1) is 0 Å². The molecule has 3 rings (SSSR count). The Kier molecular flexibility index (Phi) is 5.86. The van der Waals surface area contributed by atoms with Crippen LogP contribution in [0.3, 0.4) is 0 Å². The minimum Gasteiger partial charge on any atom is -1.00 e. The number of aliphatic hydroxyl groups excluding tert-OH is 1. The van der Waals surface area contributed by atoms with E-state index in [4.69, 9.17) is 5.41 Å². The van der Waals surface area contributed by atoms with Crippen molar-refractivity contribution >= 4 is 11.0 Å². The molecule has 128 valence electrons. The summed E-state index contributed by atoms with van der Waals surface area (Å²) in [5.41, 5.74) is 4.55. The maximum Gasteiger partial charge on any atom is 0.203 e. The summed E-state index contributed by atoms with van der Waals surface area (Å²) in [4.78, 5) is 0. The lowest BCUT2D eigenvalue weighted by molar-refractivity contribution is -0.00000686. The van der Waals surface area contributed by atoms with E-state index in [1.807, 2.05) is 64.6 Å². The molecule has 2 aromatic carbocycles. The molecule has 0 saturated carbocycles. The molecule has 0 radical (unpaired) electrons. The Morgan fingerprint density at radius 1 is 1.00 bits per heavy atom. The zero-order valence-corrected chi connectivity index (χ0v) is 14.8. The highest BCUT2D eigenvalue weighted by atomic mass is 35.5. The first-order valence-electron chi connectivity index (χ1n) is 8.09. The summed E-state index contributed by atoms with van der Waals surface area (Å²) in [5, 5.41) is 19.1. The molecule has 0 amide bonds. The van der Waals surface area contributed by atoms with Crippen molar-refractivity contribution in [1.29, 1.82) is 5.41 Å². The fourth-order valence-corrected chi connectivity index (χ4v) is 3.00. The average Bonchev–Trinajstić information content (AvgIpc) is 2.82. The van der Waals surface area contributed by atoms with Crippen LogP contribution in [-0.2, 0) is 13.1 Å². The molecule has 0 aliphatic rings. The molecule has 3 aromatic rings. The lowest BCUT2D eigenvalue weighted by Crippen LogP contribution is -3.00. The number of aliphatic hydroxyl groups is 1. The van der Waals surface area contributed by atoms with Gasteiger partial charge in [-0.25, -0.2) is 0 Å². The smallest absolute Gasteiger partial charge is 0.203 e. The molecule has 4 nitrogen and oxygen atoms in total. The largest absolute Gasteiger partial charge is 1.00 e. The molecule has 0 saturated heterocycles. The quantitative estimate of drug-likeness (QED) is 0.690. The highest BCUT2D eigenvalue weighted by Crippen LogP contribution is 2.19. The Morgan fingerprint density at radius 2 is 1.58 bits per heavy atom. The number of imidazole rings is 1. The van der Waals surface area contributed by atoms with Crippen LogP contribution in [0.5, 0.6) is 0 Å². The molecule has 5 heteroatoms. The van der Waals surface area contributed by atoms with Crippen LogP contribution in [0.15, 0.2) is 48.5 Å². The number of nitrogens with zero attached hydrogens (tertiary/aromatic N) is 2. The summed E-state index contributed by atoms with van der Waals surface area (Å²) in [7, 11) is 0. The molecule has 1 heterocycles. The van der Waals surface area contributed by atoms with E-state index in [0.29, 0.717) is 12.2 Å². The minimum atomic E-state index is -0.620. The second kappa shape index (κ2) is 7.69. The molecule has 0 bridgehead atoms. The summed E-state index contributed by atoms with van der Waals surface area (Å²) in [6.07, 6.45) is 0.357. The Hall–Kier alpha value is -2.04. The molecule has 0 spiro atoms. The lowest BCUT2D eigenvalue weighted by atomic mass is 10.1. The second-order valence-electron chi connectivity index (χ2n) is 6.00. The van der Waals surface area contributed by atoms with Gasteiger partial charge in [0.2, 0.25) is 5.62 Å². The Bertz CT molecular complexity index is 864. The number of hydrogen-bond donors (Lipinski definition) is 2. The van der Waals surface area contributed by atoms with Gasteiger partial charge in [-0.05, 0) is 31.0 Å². The minimum absolute atomic E-state index is 0. The number of nitrogens with one attached hydrogen (secondary N) is 1. The van der Waals surface area contributed by atoms with E-state index in [1.54, 1.807) is 0 Å². The van der Waals surface area contributed by atoms with E-state index in [1.165, 1.54) is 5.56 Å². The summed E-state index contributed by atoms with van der Waals surface area (Å²) in [6, 6.07) is 15.9. The summed E-state index contributed by atoms with van der Waals surface area (Å²) < 4.78 is 3.91. The van der Waals surface area contributed by atoms with Crippen molar-refractivity contribution in [2.45, 2.75) is 39.5 Å². The number of aryl methyl sites for hydroxylation is 2. The van der Waals surface area contributed by atoms with Crippen molar-refractivity contribution in [3.05, 3.63) is 65.3 Å². The second-order valence-corrected chi connectivity index (χ2v) is 6.00. The van der Waals surface area contributed by atoms with Crippen LogP contribution in [0.2, 0.25) is 0 Å². The molecule has 1 atom stereocenters. The third-order valence-electron chi connectivity index (χ3n) is 4.24. The first-order chi connectivity index (χ1) is 11.1. The highest BCUT2D eigenvalue weighted by Gasteiger charge is 2.14. The highest BCUT2D eigenvalue weighted by molar-refractivity contribution is 5.75. The number of para-hydroxylation sites is 2. The first-order valence-corrected chi connectivity index (χ1v) is 8.09. The van der Waals surface area contributed by atoms with Crippen LogP contribution >= 0.6 is 0 Å². The molecule has 2 N–H and O–H groups in total. The average molecular weight is 345 g/mol. The molecule has 1 aromatic heterocycles. The molecule has 0 aliphatic carbocycles. The van der Waals surface area contributed by atoms with Gasteiger partial charge in [0.05, 0.1) is 23.7 Å².